The first-order chi connectivity index (χ1) is 16.5. The third-order valence-electron chi connectivity index (χ3n) is 6.17. The monoisotopic (exact) mass is 461 g/mol. The summed E-state index contributed by atoms with van der Waals surface area (Å²) in [6, 6.07) is 17.4. The average Bonchev–Trinajstić information content (AvgIpc) is 2.89. The van der Waals surface area contributed by atoms with E-state index >= 15 is 0 Å². The number of amides is 1. The van der Waals surface area contributed by atoms with Crippen LogP contribution in [0.15, 0.2) is 66.9 Å². The van der Waals surface area contributed by atoms with Crippen LogP contribution in [-0.2, 0) is 17.8 Å². The molecule has 0 radical (unpaired) electrons. The molecule has 1 aliphatic heterocycles. The van der Waals surface area contributed by atoms with Gasteiger partial charge in [-0.25, -0.2) is 9.37 Å². The van der Waals surface area contributed by atoms with Crippen molar-refractivity contribution in [3.63, 3.8) is 0 Å². The molecule has 1 fully saturated rings. The number of benzene rings is 2. The van der Waals surface area contributed by atoms with Crippen LogP contribution in [0.1, 0.15) is 34.3 Å². The number of hydrogen-bond donors (Lipinski definition) is 1. The van der Waals surface area contributed by atoms with Gasteiger partial charge in [-0.3, -0.25) is 9.59 Å². The van der Waals surface area contributed by atoms with E-state index in [1.807, 2.05) is 24.3 Å². The highest BCUT2D eigenvalue weighted by Crippen LogP contribution is 2.23. The molecular formula is C27H28FN3O3. The van der Waals surface area contributed by atoms with Crippen molar-refractivity contribution in [2.45, 2.75) is 25.8 Å². The number of nitrogens with one attached hydrogen (secondary N) is 1. The largest absolute Gasteiger partial charge is 0.497 e. The Morgan fingerprint density at radius 1 is 1.09 bits per heavy atom. The number of rotatable bonds is 8. The summed E-state index contributed by atoms with van der Waals surface area (Å²) in [7, 11) is 1.62. The number of aromatic nitrogens is 1. The number of pyridine rings is 1. The zero-order valence-corrected chi connectivity index (χ0v) is 19.2. The van der Waals surface area contributed by atoms with Crippen LogP contribution in [0, 0.1) is 11.7 Å². The number of carbonyl (C=O) groups is 2. The molecule has 1 saturated heterocycles. The van der Waals surface area contributed by atoms with Gasteiger partial charge in [-0.05, 0) is 54.3 Å². The Morgan fingerprint density at radius 3 is 2.65 bits per heavy atom. The number of ether oxygens (including phenoxy) is 1. The summed E-state index contributed by atoms with van der Waals surface area (Å²) >= 11 is 0. The van der Waals surface area contributed by atoms with Crippen molar-refractivity contribution in [1.82, 2.24) is 10.3 Å². The minimum atomic E-state index is -0.378. The van der Waals surface area contributed by atoms with Crippen LogP contribution in [0.2, 0.25) is 0 Å². The van der Waals surface area contributed by atoms with Gasteiger partial charge < -0.3 is 15.0 Å². The molecule has 3 aromatic rings. The van der Waals surface area contributed by atoms with Gasteiger partial charge in [-0.2, -0.15) is 0 Å². The zero-order valence-electron chi connectivity index (χ0n) is 19.2. The summed E-state index contributed by atoms with van der Waals surface area (Å²) in [6.07, 6.45) is 3.03. The lowest BCUT2D eigenvalue weighted by molar-refractivity contribution is -0.125. The number of piperidine rings is 1. The van der Waals surface area contributed by atoms with E-state index < -0.39 is 0 Å². The van der Waals surface area contributed by atoms with Gasteiger partial charge in [0.15, 0.2) is 5.78 Å². The summed E-state index contributed by atoms with van der Waals surface area (Å²) in [5.41, 5.74) is 1.88. The first-order valence-corrected chi connectivity index (χ1v) is 11.4. The third-order valence-corrected chi connectivity index (χ3v) is 6.17. The van der Waals surface area contributed by atoms with Gasteiger partial charge in [0.25, 0.3) is 0 Å². The molecule has 2 aromatic carbocycles. The number of anilines is 1. The van der Waals surface area contributed by atoms with Gasteiger partial charge in [-0.15, -0.1) is 0 Å². The highest BCUT2D eigenvalue weighted by Gasteiger charge is 2.26. The normalized spacial score (nSPS) is 14.0. The van der Waals surface area contributed by atoms with Crippen LogP contribution < -0.4 is 15.0 Å². The Labute approximate surface area is 198 Å². The van der Waals surface area contributed by atoms with E-state index in [1.165, 1.54) is 6.07 Å². The zero-order chi connectivity index (χ0) is 23.9. The van der Waals surface area contributed by atoms with E-state index in [9.17, 15) is 14.0 Å². The molecule has 6 nitrogen and oxygen atoms in total. The summed E-state index contributed by atoms with van der Waals surface area (Å²) in [5.74, 6) is 0.922. The average molecular weight is 462 g/mol. The lowest BCUT2D eigenvalue weighted by Crippen LogP contribution is -2.40. The van der Waals surface area contributed by atoms with Crippen LogP contribution in [-0.4, -0.2) is 36.9 Å². The van der Waals surface area contributed by atoms with Crippen molar-refractivity contribution in [2.24, 2.45) is 5.92 Å². The Hall–Kier alpha value is -3.74. The van der Waals surface area contributed by atoms with Crippen molar-refractivity contribution in [3.05, 3.63) is 89.4 Å². The van der Waals surface area contributed by atoms with Gasteiger partial charge in [0.2, 0.25) is 5.91 Å². The summed E-state index contributed by atoms with van der Waals surface area (Å²) < 4.78 is 19.1. The molecule has 34 heavy (non-hydrogen) atoms. The predicted octanol–water partition coefficient (Wildman–Crippen LogP) is 4.19. The number of hydrogen-bond acceptors (Lipinski definition) is 5. The Bertz CT molecular complexity index is 1160. The first-order valence-electron chi connectivity index (χ1n) is 11.4. The van der Waals surface area contributed by atoms with E-state index in [4.69, 9.17) is 4.74 Å². The minimum Gasteiger partial charge on any atom is -0.497 e. The molecule has 1 aliphatic rings. The van der Waals surface area contributed by atoms with Gasteiger partial charge in [0.1, 0.15) is 17.4 Å². The Kier molecular flexibility index (Phi) is 7.52. The summed E-state index contributed by atoms with van der Waals surface area (Å²) in [6.45, 7) is 1.81. The second kappa shape index (κ2) is 10.9. The van der Waals surface area contributed by atoms with Crippen molar-refractivity contribution in [3.8, 4) is 5.75 Å². The fraction of sp³-hybridized carbons (Fsp3) is 0.296. The summed E-state index contributed by atoms with van der Waals surface area (Å²) in [4.78, 5) is 31.9. The molecule has 4 rings (SSSR count). The number of ketones is 1. The molecule has 7 heteroatoms. The lowest BCUT2D eigenvalue weighted by atomic mass is 9.95. The second-order valence-corrected chi connectivity index (χ2v) is 8.42. The number of halogens is 1. The van der Waals surface area contributed by atoms with E-state index in [1.54, 1.807) is 43.6 Å². The standard InChI is InChI=1S/C27H28FN3O3/c1-34-23-7-4-5-19(15-23)18-30-27(33)20-10-13-31(14-11-20)26-17-22(9-12-29-26)25(32)16-21-6-2-3-8-24(21)28/h2-9,12,15,17,20H,10-11,13-14,16,18H2,1H3,(H,30,33). The molecule has 0 unspecified atom stereocenters. The molecule has 2 heterocycles. The quantitative estimate of drug-likeness (QED) is 0.510. The van der Waals surface area contributed by atoms with Crippen LogP contribution in [0.25, 0.3) is 0 Å². The van der Waals surface area contributed by atoms with Crippen LogP contribution >= 0.6 is 0 Å². The Balaban J connectivity index is 1.31. The molecule has 1 amide bonds. The van der Waals surface area contributed by atoms with Gasteiger partial charge in [0.05, 0.1) is 7.11 Å². The molecule has 0 saturated carbocycles. The van der Waals surface area contributed by atoms with Crippen molar-refractivity contribution < 1.29 is 18.7 Å². The molecule has 0 aliphatic carbocycles. The molecular weight excluding hydrogens is 433 g/mol. The van der Waals surface area contributed by atoms with Crippen molar-refractivity contribution >= 4 is 17.5 Å². The fourth-order valence-electron chi connectivity index (χ4n) is 4.17. The third kappa shape index (κ3) is 5.78. The van der Waals surface area contributed by atoms with Gasteiger partial charge >= 0.3 is 0 Å². The fourth-order valence-corrected chi connectivity index (χ4v) is 4.17. The van der Waals surface area contributed by atoms with Gasteiger partial charge in [-0.1, -0.05) is 30.3 Å². The van der Waals surface area contributed by atoms with Crippen LogP contribution in [0.3, 0.4) is 0 Å². The van der Waals surface area contributed by atoms with E-state index in [0.29, 0.717) is 49.4 Å². The molecule has 0 atom stereocenters. The predicted molar refractivity (Wildman–Crippen MR) is 128 cm³/mol. The van der Waals surface area contributed by atoms with Crippen molar-refractivity contribution in [1.29, 1.82) is 0 Å². The first kappa shape index (κ1) is 23.4. The van der Waals surface area contributed by atoms with Crippen LogP contribution in [0.5, 0.6) is 5.75 Å². The topological polar surface area (TPSA) is 71.5 Å². The van der Waals surface area contributed by atoms with E-state index in [0.717, 1.165) is 11.3 Å². The highest BCUT2D eigenvalue weighted by molar-refractivity contribution is 5.98. The maximum atomic E-state index is 13.9. The van der Waals surface area contributed by atoms with Gasteiger partial charge in [0, 0.05) is 43.7 Å². The second-order valence-electron chi connectivity index (χ2n) is 8.42. The van der Waals surface area contributed by atoms with Crippen LogP contribution in [0.4, 0.5) is 10.2 Å². The molecule has 1 aromatic heterocycles. The lowest BCUT2D eigenvalue weighted by Gasteiger charge is -2.32. The van der Waals surface area contributed by atoms with E-state index in [-0.39, 0.29) is 29.8 Å². The van der Waals surface area contributed by atoms with Crippen molar-refractivity contribution in [2.75, 3.05) is 25.1 Å². The molecule has 1 N–H and O–H groups in total. The number of carbonyl (C=O) groups excluding carboxylic acids is 2. The molecule has 176 valence electrons. The number of nitrogens with zero attached hydrogens (tertiary/aromatic N) is 2. The SMILES string of the molecule is COc1cccc(CNC(=O)C2CCN(c3cc(C(=O)Cc4ccccc4F)ccn3)CC2)c1. The Morgan fingerprint density at radius 2 is 1.88 bits per heavy atom. The molecule has 0 spiro atoms. The maximum absolute atomic E-state index is 13.9. The molecule has 0 bridgehead atoms. The number of methoxy groups -OCH3 is 1. The maximum Gasteiger partial charge on any atom is 0.223 e. The number of Topliss-reactive ketones (excluding diaryl/α,β-unsaturated/α-hetero) is 1. The van der Waals surface area contributed by atoms with E-state index in [2.05, 4.69) is 15.2 Å². The summed E-state index contributed by atoms with van der Waals surface area (Å²) in [5, 5.41) is 3.02. The smallest absolute Gasteiger partial charge is 0.223 e. The highest BCUT2D eigenvalue weighted by atomic mass is 19.1. The minimum absolute atomic E-state index is 0.00562.